The van der Waals surface area contributed by atoms with Gasteiger partial charge in [0.25, 0.3) is 0 Å². The lowest BCUT2D eigenvalue weighted by Crippen LogP contribution is -2.24. The van der Waals surface area contributed by atoms with E-state index in [4.69, 9.17) is 4.74 Å². The highest BCUT2D eigenvalue weighted by Crippen LogP contribution is 2.24. The van der Waals surface area contributed by atoms with Crippen LogP contribution in [0.4, 0.5) is 0 Å². The Bertz CT molecular complexity index is 546. The lowest BCUT2D eigenvalue weighted by atomic mass is 9.87. The van der Waals surface area contributed by atoms with E-state index in [1.54, 1.807) is 0 Å². The fourth-order valence-corrected chi connectivity index (χ4v) is 2.46. The summed E-state index contributed by atoms with van der Waals surface area (Å²) in [6, 6.07) is 8.13. The van der Waals surface area contributed by atoms with Crippen LogP contribution < -0.4 is 10.1 Å². The van der Waals surface area contributed by atoms with Gasteiger partial charge in [0.2, 0.25) is 5.91 Å². The molecule has 5 heteroatoms. The Morgan fingerprint density at radius 2 is 1.65 bits per heavy atom. The van der Waals surface area contributed by atoms with Crippen LogP contribution in [0.25, 0.3) is 0 Å². The second-order valence-corrected chi connectivity index (χ2v) is 7.46. The van der Waals surface area contributed by atoms with Gasteiger partial charge < -0.3 is 14.8 Å². The monoisotopic (exact) mass is 363 g/mol. The number of benzene rings is 1. The van der Waals surface area contributed by atoms with E-state index in [9.17, 15) is 9.59 Å². The van der Waals surface area contributed by atoms with Gasteiger partial charge in [0.05, 0.1) is 13.7 Å². The average Bonchev–Trinajstić information content (AvgIpc) is 2.61. The summed E-state index contributed by atoms with van der Waals surface area (Å²) in [5, 5.41) is 2.90. The first kappa shape index (κ1) is 22.0. The topological polar surface area (TPSA) is 64.6 Å². The van der Waals surface area contributed by atoms with Crippen molar-refractivity contribution >= 4 is 11.9 Å². The number of methoxy groups -OCH3 is 1. The average molecular weight is 363 g/mol. The Kier molecular flexibility index (Phi) is 9.78. The molecule has 1 amide bonds. The number of unbranched alkanes of at least 4 members (excludes halogenated alkanes) is 2. The molecule has 5 nitrogen and oxygen atoms in total. The minimum atomic E-state index is -0.179. The van der Waals surface area contributed by atoms with Crippen molar-refractivity contribution in [2.45, 2.75) is 64.7 Å². The van der Waals surface area contributed by atoms with Crippen molar-refractivity contribution in [2.75, 3.05) is 20.3 Å². The zero-order valence-corrected chi connectivity index (χ0v) is 16.6. The SMILES string of the molecule is COC(=O)CCCCCNC(=O)CCCOc1ccc(C(C)(C)C)cc1. The van der Waals surface area contributed by atoms with Crippen LogP contribution in [0.1, 0.15) is 64.9 Å². The van der Waals surface area contributed by atoms with Gasteiger partial charge >= 0.3 is 5.97 Å². The molecule has 0 atom stereocenters. The van der Waals surface area contributed by atoms with Crippen molar-refractivity contribution in [3.63, 3.8) is 0 Å². The fourth-order valence-electron chi connectivity index (χ4n) is 2.46. The molecule has 0 heterocycles. The van der Waals surface area contributed by atoms with E-state index in [1.165, 1.54) is 12.7 Å². The summed E-state index contributed by atoms with van der Waals surface area (Å²) in [6.07, 6.45) is 4.17. The Hall–Kier alpha value is -2.04. The number of amides is 1. The molecule has 0 bridgehead atoms. The van der Waals surface area contributed by atoms with Crippen LogP contribution in [-0.4, -0.2) is 32.1 Å². The van der Waals surface area contributed by atoms with Crippen molar-refractivity contribution in [1.82, 2.24) is 5.32 Å². The zero-order valence-electron chi connectivity index (χ0n) is 16.6. The van der Waals surface area contributed by atoms with E-state index in [0.29, 0.717) is 32.4 Å². The van der Waals surface area contributed by atoms with E-state index in [2.05, 4.69) is 43.0 Å². The van der Waals surface area contributed by atoms with Crippen molar-refractivity contribution in [2.24, 2.45) is 0 Å². The lowest BCUT2D eigenvalue weighted by molar-refractivity contribution is -0.140. The smallest absolute Gasteiger partial charge is 0.305 e. The number of carbonyl (C=O) groups excluding carboxylic acids is 2. The number of ether oxygens (including phenoxy) is 2. The molecule has 0 saturated carbocycles. The summed E-state index contributed by atoms with van der Waals surface area (Å²) in [6.45, 7) is 7.72. The molecule has 146 valence electrons. The maximum atomic E-state index is 11.8. The molecule has 0 fully saturated rings. The lowest BCUT2D eigenvalue weighted by Gasteiger charge is -2.19. The van der Waals surface area contributed by atoms with E-state index < -0.39 is 0 Å². The van der Waals surface area contributed by atoms with Crippen molar-refractivity contribution < 1.29 is 19.1 Å². The van der Waals surface area contributed by atoms with Crippen molar-refractivity contribution in [1.29, 1.82) is 0 Å². The molecular formula is C21H33NO4. The first-order valence-electron chi connectivity index (χ1n) is 9.40. The summed E-state index contributed by atoms with van der Waals surface area (Å²) in [5.41, 5.74) is 1.41. The molecule has 1 aromatic carbocycles. The summed E-state index contributed by atoms with van der Waals surface area (Å²) in [5.74, 6) is 0.704. The number of rotatable bonds is 11. The molecule has 1 rings (SSSR count). The summed E-state index contributed by atoms with van der Waals surface area (Å²) in [7, 11) is 1.40. The second-order valence-electron chi connectivity index (χ2n) is 7.46. The molecule has 0 aliphatic rings. The van der Waals surface area contributed by atoms with Crippen molar-refractivity contribution in [3.8, 4) is 5.75 Å². The highest BCUT2D eigenvalue weighted by molar-refractivity contribution is 5.75. The van der Waals surface area contributed by atoms with Crippen LogP contribution in [0.15, 0.2) is 24.3 Å². The number of hydrogen-bond acceptors (Lipinski definition) is 4. The second kappa shape index (κ2) is 11.6. The molecule has 1 aromatic rings. The first-order valence-corrected chi connectivity index (χ1v) is 9.40. The largest absolute Gasteiger partial charge is 0.494 e. The number of nitrogens with one attached hydrogen (secondary N) is 1. The zero-order chi connectivity index (χ0) is 19.4. The fraction of sp³-hybridized carbons (Fsp3) is 0.619. The third-order valence-corrected chi connectivity index (χ3v) is 4.14. The first-order chi connectivity index (χ1) is 12.3. The van der Waals surface area contributed by atoms with Crippen LogP contribution >= 0.6 is 0 Å². The number of carbonyl (C=O) groups is 2. The molecule has 0 saturated heterocycles. The Labute approximate surface area is 157 Å². The standard InChI is InChI=1S/C21H33NO4/c1-21(2,3)17-11-13-18(14-12-17)26-16-8-9-19(23)22-15-7-5-6-10-20(24)25-4/h11-14H,5-10,15-16H2,1-4H3,(H,22,23). The van der Waals surface area contributed by atoms with Gasteiger partial charge in [0.15, 0.2) is 0 Å². The third-order valence-electron chi connectivity index (χ3n) is 4.14. The Balaban J connectivity index is 2.07. The molecule has 1 N–H and O–H groups in total. The molecule has 0 unspecified atom stereocenters. The van der Waals surface area contributed by atoms with Gasteiger partial charge in [-0.2, -0.15) is 0 Å². The van der Waals surface area contributed by atoms with E-state index in [1.807, 2.05) is 12.1 Å². The molecule has 0 radical (unpaired) electrons. The van der Waals surface area contributed by atoms with Gasteiger partial charge in [-0.3, -0.25) is 9.59 Å². The highest BCUT2D eigenvalue weighted by atomic mass is 16.5. The predicted octanol–water partition coefficient (Wildman–Crippen LogP) is 3.99. The van der Waals surface area contributed by atoms with Gasteiger partial charge in [-0.25, -0.2) is 0 Å². The Morgan fingerprint density at radius 3 is 2.27 bits per heavy atom. The maximum Gasteiger partial charge on any atom is 0.305 e. The summed E-state index contributed by atoms with van der Waals surface area (Å²) >= 11 is 0. The predicted molar refractivity (Wildman–Crippen MR) is 103 cm³/mol. The molecule has 0 aliphatic heterocycles. The van der Waals surface area contributed by atoms with Crippen LogP contribution in [0.3, 0.4) is 0 Å². The van der Waals surface area contributed by atoms with E-state index >= 15 is 0 Å². The van der Waals surface area contributed by atoms with Crippen molar-refractivity contribution in [3.05, 3.63) is 29.8 Å². The third kappa shape index (κ3) is 9.44. The highest BCUT2D eigenvalue weighted by Gasteiger charge is 2.12. The van der Waals surface area contributed by atoms with Crippen LogP contribution in [0.2, 0.25) is 0 Å². The molecular weight excluding hydrogens is 330 g/mol. The van der Waals surface area contributed by atoms with Gasteiger partial charge in [-0.1, -0.05) is 39.3 Å². The minimum absolute atomic E-state index is 0.0460. The van der Waals surface area contributed by atoms with E-state index in [-0.39, 0.29) is 17.3 Å². The summed E-state index contributed by atoms with van der Waals surface area (Å²) in [4.78, 5) is 22.7. The van der Waals surface area contributed by atoms with Gasteiger partial charge in [0, 0.05) is 19.4 Å². The quantitative estimate of drug-likeness (QED) is 0.477. The molecule has 0 spiro atoms. The normalized spacial score (nSPS) is 11.1. The van der Waals surface area contributed by atoms with E-state index in [0.717, 1.165) is 25.0 Å². The molecule has 0 aromatic heterocycles. The van der Waals surface area contributed by atoms with Gasteiger partial charge in [-0.05, 0) is 42.4 Å². The summed E-state index contributed by atoms with van der Waals surface area (Å²) < 4.78 is 10.3. The number of esters is 1. The maximum absolute atomic E-state index is 11.8. The molecule has 0 aliphatic carbocycles. The minimum Gasteiger partial charge on any atom is -0.494 e. The molecule has 26 heavy (non-hydrogen) atoms. The van der Waals surface area contributed by atoms with Crippen LogP contribution in [0, 0.1) is 0 Å². The van der Waals surface area contributed by atoms with Gasteiger partial charge in [-0.15, -0.1) is 0 Å². The number of hydrogen-bond donors (Lipinski definition) is 1. The van der Waals surface area contributed by atoms with Gasteiger partial charge in [0.1, 0.15) is 5.75 Å². The van der Waals surface area contributed by atoms with Crippen LogP contribution in [0.5, 0.6) is 5.75 Å². The Morgan fingerprint density at radius 1 is 0.962 bits per heavy atom. The van der Waals surface area contributed by atoms with Crippen LogP contribution in [-0.2, 0) is 19.7 Å².